The summed E-state index contributed by atoms with van der Waals surface area (Å²) in [6.07, 6.45) is 8.21. The van der Waals surface area contributed by atoms with E-state index >= 15 is 0 Å². The van der Waals surface area contributed by atoms with E-state index in [0.29, 0.717) is 34.7 Å². The molecule has 2 aliphatic carbocycles. The van der Waals surface area contributed by atoms with Crippen LogP contribution < -0.4 is 21.3 Å². The van der Waals surface area contributed by atoms with E-state index in [-0.39, 0.29) is 29.8 Å². The zero-order valence-electron chi connectivity index (χ0n) is 22.2. The lowest BCUT2D eigenvalue weighted by atomic mass is 9.72. The molecule has 2 aromatic carbocycles. The lowest BCUT2D eigenvalue weighted by molar-refractivity contribution is -0.384. The fourth-order valence-corrected chi connectivity index (χ4v) is 5.93. The van der Waals surface area contributed by atoms with Gasteiger partial charge >= 0.3 is 12.1 Å². The largest absolute Gasteiger partial charge is 0.335 e. The molecule has 10 nitrogen and oxygen atoms in total. The minimum absolute atomic E-state index is 0.0112. The number of hydrogen-bond acceptors (Lipinski definition) is 5. The van der Waals surface area contributed by atoms with Crippen LogP contribution in [0.1, 0.15) is 63.9 Å². The number of nitrogens with zero attached hydrogens (tertiary/aromatic N) is 2. The molecule has 0 aromatic heterocycles. The van der Waals surface area contributed by atoms with Gasteiger partial charge in [-0.15, -0.1) is 0 Å². The van der Waals surface area contributed by atoms with E-state index in [2.05, 4.69) is 34.3 Å². The van der Waals surface area contributed by atoms with E-state index in [4.69, 9.17) is 5.26 Å². The van der Waals surface area contributed by atoms with Gasteiger partial charge in [-0.2, -0.15) is 5.26 Å². The Balaban J connectivity index is 1.30. The first kappa shape index (κ1) is 27.9. The Hall–Kier alpha value is -4.13. The number of anilines is 2. The van der Waals surface area contributed by atoms with Crippen molar-refractivity contribution in [3.8, 4) is 6.07 Å². The number of rotatable bonds is 7. The molecule has 0 heterocycles. The fourth-order valence-electron chi connectivity index (χ4n) is 5.93. The van der Waals surface area contributed by atoms with E-state index in [9.17, 15) is 19.7 Å². The van der Waals surface area contributed by atoms with Crippen molar-refractivity contribution in [3.63, 3.8) is 0 Å². The van der Waals surface area contributed by atoms with Gasteiger partial charge in [-0.05, 0) is 80.2 Å². The Bertz CT molecular complexity index is 1210. The van der Waals surface area contributed by atoms with Gasteiger partial charge in [-0.3, -0.25) is 10.1 Å². The van der Waals surface area contributed by atoms with Crippen LogP contribution in [0.3, 0.4) is 0 Å². The second-order valence-corrected chi connectivity index (χ2v) is 10.8. The maximum Gasteiger partial charge on any atom is 0.319 e. The van der Waals surface area contributed by atoms with E-state index < -0.39 is 4.92 Å². The quantitative estimate of drug-likeness (QED) is 0.249. The molecule has 4 rings (SSSR count). The lowest BCUT2D eigenvalue weighted by Gasteiger charge is -2.39. The summed E-state index contributed by atoms with van der Waals surface area (Å²) >= 11 is 0. The summed E-state index contributed by atoms with van der Waals surface area (Å²) in [4.78, 5) is 36.0. The maximum absolute atomic E-state index is 12.7. The molecule has 0 aliphatic heterocycles. The summed E-state index contributed by atoms with van der Waals surface area (Å²) in [5.41, 5.74) is 1.51. The minimum atomic E-state index is -0.485. The molecule has 2 fully saturated rings. The highest BCUT2D eigenvalue weighted by Gasteiger charge is 2.34. The third kappa shape index (κ3) is 7.93. The van der Waals surface area contributed by atoms with Gasteiger partial charge in [0, 0.05) is 35.6 Å². The molecule has 0 spiro atoms. The van der Waals surface area contributed by atoms with Crippen molar-refractivity contribution in [2.24, 2.45) is 17.8 Å². The zero-order valence-corrected chi connectivity index (χ0v) is 22.2. The van der Waals surface area contributed by atoms with Crippen molar-refractivity contribution >= 4 is 29.1 Å². The number of hydrogen-bond donors (Lipinski definition) is 4. The van der Waals surface area contributed by atoms with Crippen LogP contribution in [0.5, 0.6) is 0 Å². The van der Waals surface area contributed by atoms with Crippen molar-refractivity contribution < 1.29 is 14.5 Å². The molecule has 2 aliphatic rings. The Morgan fingerprint density at radius 1 is 0.949 bits per heavy atom. The average Bonchev–Trinajstić information content (AvgIpc) is 2.92. The van der Waals surface area contributed by atoms with Crippen LogP contribution in [-0.2, 0) is 0 Å². The monoisotopic (exact) mass is 532 g/mol. The first-order chi connectivity index (χ1) is 18.8. The van der Waals surface area contributed by atoms with Crippen molar-refractivity contribution in [1.29, 1.82) is 5.26 Å². The topological polar surface area (TPSA) is 149 Å². The fraction of sp³-hybridized carbons (Fsp3) is 0.483. The zero-order chi connectivity index (χ0) is 27.8. The number of carbonyl (C=O) groups excluding carboxylic acids is 2. The molecule has 10 heteroatoms. The van der Waals surface area contributed by atoms with Crippen LogP contribution in [-0.4, -0.2) is 29.1 Å². The Labute approximate surface area is 228 Å². The number of carbonyl (C=O) groups is 2. The third-order valence-electron chi connectivity index (χ3n) is 8.07. The van der Waals surface area contributed by atoms with Gasteiger partial charge in [0.2, 0.25) is 0 Å². The summed E-state index contributed by atoms with van der Waals surface area (Å²) in [5.74, 6) is 1.15. The van der Waals surface area contributed by atoms with Gasteiger partial charge in [0.1, 0.15) is 0 Å². The molecule has 5 unspecified atom stereocenters. The normalized spacial score (nSPS) is 24.6. The number of nitro benzene ring substituents is 1. The van der Waals surface area contributed by atoms with Gasteiger partial charge < -0.3 is 21.3 Å². The number of urea groups is 2. The van der Waals surface area contributed by atoms with Crippen LogP contribution in [0, 0.1) is 39.2 Å². The van der Waals surface area contributed by atoms with Crippen LogP contribution in [0.2, 0.25) is 0 Å². The second-order valence-electron chi connectivity index (χ2n) is 10.8. The van der Waals surface area contributed by atoms with E-state index in [1.54, 1.807) is 36.4 Å². The number of amides is 4. The summed E-state index contributed by atoms with van der Waals surface area (Å²) in [7, 11) is 0. The summed E-state index contributed by atoms with van der Waals surface area (Å²) in [6.45, 7) is 2.15. The Morgan fingerprint density at radius 3 is 2.36 bits per heavy atom. The van der Waals surface area contributed by atoms with Gasteiger partial charge in [0.05, 0.1) is 16.6 Å². The first-order valence-corrected chi connectivity index (χ1v) is 13.7. The Kier molecular flexibility index (Phi) is 9.36. The minimum Gasteiger partial charge on any atom is -0.335 e. The predicted molar refractivity (Wildman–Crippen MR) is 149 cm³/mol. The molecule has 0 radical (unpaired) electrons. The average molecular weight is 533 g/mol. The van der Waals surface area contributed by atoms with Crippen LogP contribution in [0.4, 0.5) is 26.7 Å². The summed E-state index contributed by atoms with van der Waals surface area (Å²) in [5, 5.41) is 31.9. The second kappa shape index (κ2) is 13.1. The highest BCUT2D eigenvalue weighted by molar-refractivity contribution is 5.90. The van der Waals surface area contributed by atoms with Crippen molar-refractivity contribution in [2.75, 3.05) is 10.6 Å². The number of nitriles is 1. The maximum atomic E-state index is 12.7. The van der Waals surface area contributed by atoms with Crippen LogP contribution in [0.25, 0.3) is 0 Å². The molecular formula is C29H36N6O4. The first-order valence-electron chi connectivity index (χ1n) is 13.7. The molecule has 0 bridgehead atoms. The van der Waals surface area contributed by atoms with Crippen molar-refractivity contribution in [3.05, 3.63) is 64.2 Å². The summed E-state index contributed by atoms with van der Waals surface area (Å²) < 4.78 is 0. The predicted octanol–water partition coefficient (Wildman–Crippen LogP) is 6.16. The lowest BCUT2D eigenvalue weighted by Crippen LogP contribution is -2.47. The standard InChI is InChI=1S/C29H36N6O4/c1-19-9-10-21(16-27(19)34-29(37)32-24-6-4-7-25(17-24)35(38)39)15-22-5-2-3-8-26(22)33-28(36)31-23-13-11-20(18-30)12-14-23/h4,6-7,11-14,17,19,21-22,26-27H,2-3,5,8-10,15-16H2,1H3,(H2,31,33,36)(H2,32,34,37). The summed E-state index contributed by atoms with van der Waals surface area (Å²) in [6, 6.07) is 14.3. The third-order valence-corrected chi connectivity index (χ3v) is 8.07. The van der Waals surface area contributed by atoms with E-state index in [0.717, 1.165) is 51.4 Å². The number of nitro groups is 1. The molecule has 0 saturated heterocycles. The van der Waals surface area contributed by atoms with Crippen molar-refractivity contribution in [2.45, 2.75) is 70.4 Å². The number of non-ortho nitro benzene ring substituents is 1. The molecule has 4 N–H and O–H groups in total. The number of nitrogens with one attached hydrogen (secondary N) is 4. The Morgan fingerprint density at radius 2 is 1.64 bits per heavy atom. The molecule has 2 saturated carbocycles. The van der Waals surface area contributed by atoms with E-state index in [1.807, 2.05) is 0 Å². The molecule has 206 valence electrons. The van der Waals surface area contributed by atoms with Gasteiger partial charge in [0.25, 0.3) is 5.69 Å². The van der Waals surface area contributed by atoms with Gasteiger partial charge in [-0.25, -0.2) is 9.59 Å². The van der Waals surface area contributed by atoms with Crippen LogP contribution in [0.15, 0.2) is 48.5 Å². The smallest absolute Gasteiger partial charge is 0.319 e. The molecular weight excluding hydrogens is 496 g/mol. The number of benzene rings is 2. The van der Waals surface area contributed by atoms with Gasteiger partial charge in [-0.1, -0.05) is 32.3 Å². The molecule has 5 atom stereocenters. The molecule has 2 aromatic rings. The van der Waals surface area contributed by atoms with Crippen LogP contribution >= 0.6 is 0 Å². The van der Waals surface area contributed by atoms with Gasteiger partial charge in [0.15, 0.2) is 0 Å². The van der Waals surface area contributed by atoms with E-state index in [1.165, 1.54) is 12.1 Å². The highest BCUT2D eigenvalue weighted by Crippen LogP contribution is 2.37. The SMILES string of the molecule is CC1CCC(CC2CCCCC2NC(=O)Nc2ccc(C#N)cc2)CC1NC(=O)Nc1cccc([N+](=O)[O-])c1. The molecule has 4 amide bonds. The highest BCUT2D eigenvalue weighted by atomic mass is 16.6. The molecule has 39 heavy (non-hydrogen) atoms. The van der Waals surface area contributed by atoms with Crippen molar-refractivity contribution in [1.82, 2.24) is 10.6 Å².